The summed E-state index contributed by atoms with van der Waals surface area (Å²) in [7, 11) is 0. The highest BCUT2D eigenvalue weighted by Crippen LogP contribution is 2.30. The Hall–Kier alpha value is -2.66. The minimum atomic E-state index is -0.203. The highest BCUT2D eigenvalue weighted by atomic mass is 16.5. The van der Waals surface area contributed by atoms with Gasteiger partial charge in [-0.25, -0.2) is 4.79 Å². The summed E-state index contributed by atoms with van der Waals surface area (Å²) < 4.78 is 7.24. The summed E-state index contributed by atoms with van der Waals surface area (Å²) >= 11 is 0. The molecule has 0 aliphatic carbocycles. The first-order chi connectivity index (χ1) is 12.6. The summed E-state index contributed by atoms with van der Waals surface area (Å²) in [4.78, 5) is 19.5. The van der Waals surface area contributed by atoms with Gasteiger partial charge in [0.2, 0.25) is 0 Å². The molecule has 0 saturated carbocycles. The van der Waals surface area contributed by atoms with Crippen LogP contribution in [0.2, 0.25) is 0 Å². The van der Waals surface area contributed by atoms with E-state index >= 15 is 0 Å². The zero-order valence-electron chi connectivity index (χ0n) is 15.2. The molecule has 0 bridgehead atoms. The van der Waals surface area contributed by atoms with E-state index in [-0.39, 0.29) is 11.7 Å². The van der Waals surface area contributed by atoms with Gasteiger partial charge in [-0.1, -0.05) is 30.3 Å². The molecule has 1 saturated heterocycles. The largest absolute Gasteiger partial charge is 0.378 e. The fourth-order valence-corrected chi connectivity index (χ4v) is 3.57. The van der Waals surface area contributed by atoms with Gasteiger partial charge >= 0.3 is 5.69 Å². The number of aromatic nitrogens is 2. The fraction of sp³-hybridized carbons (Fsp3) is 0.333. The normalized spacial score (nSPS) is 15.0. The van der Waals surface area contributed by atoms with Gasteiger partial charge in [0.15, 0.2) is 0 Å². The second kappa shape index (κ2) is 6.92. The molecule has 0 atom stereocenters. The lowest BCUT2D eigenvalue weighted by atomic mass is 10.1. The lowest BCUT2D eigenvalue weighted by Gasteiger charge is -2.29. The van der Waals surface area contributed by atoms with Crippen LogP contribution in [0.1, 0.15) is 19.9 Å². The maximum atomic E-state index is 12.8. The van der Waals surface area contributed by atoms with Crippen LogP contribution in [0.15, 0.2) is 53.3 Å². The summed E-state index contributed by atoms with van der Waals surface area (Å²) in [6, 6.07) is 16.3. The fourth-order valence-electron chi connectivity index (χ4n) is 3.57. The molecule has 5 nitrogen and oxygen atoms in total. The molecule has 1 aliphatic rings. The highest BCUT2D eigenvalue weighted by molar-refractivity contribution is 5.94. The molecule has 2 aromatic carbocycles. The number of benzene rings is 2. The molecule has 0 spiro atoms. The zero-order chi connectivity index (χ0) is 18.1. The van der Waals surface area contributed by atoms with Gasteiger partial charge in [0, 0.05) is 35.8 Å². The number of morpholine rings is 1. The van der Waals surface area contributed by atoms with Gasteiger partial charge in [-0.15, -0.1) is 0 Å². The molecule has 26 heavy (non-hydrogen) atoms. The standard InChI is InChI=1S/C21H23N3O2/c1-15(2)24-19-14-17(23-10-12-26-13-11-23)8-9-18(19)20(22-21(24)25)16-6-4-3-5-7-16/h3-9,14-15H,10-13H2,1-2H3. The number of hydrogen-bond acceptors (Lipinski definition) is 4. The Morgan fingerprint density at radius 1 is 1.04 bits per heavy atom. The number of rotatable bonds is 3. The minimum Gasteiger partial charge on any atom is -0.378 e. The molecule has 134 valence electrons. The Kier molecular flexibility index (Phi) is 4.47. The van der Waals surface area contributed by atoms with Crippen molar-refractivity contribution in [3.8, 4) is 11.3 Å². The predicted octanol–water partition coefficient (Wildman–Crippen LogP) is 3.48. The average Bonchev–Trinajstić information content (AvgIpc) is 2.68. The summed E-state index contributed by atoms with van der Waals surface area (Å²) in [5, 5.41) is 1.00. The second-order valence-electron chi connectivity index (χ2n) is 6.87. The number of nitrogens with zero attached hydrogens (tertiary/aromatic N) is 3. The maximum Gasteiger partial charge on any atom is 0.348 e. The van der Waals surface area contributed by atoms with Crippen molar-refractivity contribution in [3.05, 3.63) is 59.0 Å². The quantitative estimate of drug-likeness (QED) is 0.726. The van der Waals surface area contributed by atoms with Crippen molar-refractivity contribution >= 4 is 16.6 Å². The molecule has 1 fully saturated rings. The van der Waals surface area contributed by atoms with Crippen LogP contribution in [0, 0.1) is 0 Å². The van der Waals surface area contributed by atoms with E-state index in [0.29, 0.717) is 0 Å². The van der Waals surface area contributed by atoms with Crippen LogP contribution in [0.4, 0.5) is 5.69 Å². The van der Waals surface area contributed by atoms with Crippen molar-refractivity contribution in [1.29, 1.82) is 0 Å². The Balaban J connectivity index is 1.95. The molecule has 0 unspecified atom stereocenters. The van der Waals surface area contributed by atoms with E-state index in [2.05, 4.69) is 28.1 Å². The summed E-state index contributed by atoms with van der Waals surface area (Å²) in [5.41, 5.74) is 3.56. The summed E-state index contributed by atoms with van der Waals surface area (Å²) in [5.74, 6) is 0. The Morgan fingerprint density at radius 3 is 2.46 bits per heavy atom. The monoisotopic (exact) mass is 349 g/mol. The van der Waals surface area contributed by atoms with Crippen molar-refractivity contribution in [2.24, 2.45) is 0 Å². The molecule has 4 rings (SSSR count). The third kappa shape index (κ3) is 2.99. The van der Waals surface area contributed by atoms with Gasteiger partial charge in [0.05, 0.1) is 24.4 Å². The van der Waals surface area contributed by atoms with Crippen LogP contribution >= 0.6 is 0 Å². The first-order valence-electron chi connectivity index (χ1n) is 9.09. The molecule has 5 heteroatoms. The van der Waals surface area contributed by atoms with Crippen molar-refractivity contribution < 1.29 is 4.74 Å². The summed E-state index contributed by atoms with van der Waals surface area (Å²) in [6.07, 6.45) is 0. The van der Waals surface area contributed by atoms with Gasteiger partial charge in [-0.3, -0.25) is 4.57 Å². The van der Waals surface area contributed by atoms with E-state index in [1.54, 1.807) is 4.57 Å². The van der Waals surface area contributed by atoms with Gasteiger partial charge in [-0.05, 0) is 32.0 Å². The van der Waals surface area contributed by atoms with Gasteiger partial charge in [0.1, 0.15) is 0 Å². The number of ether oxygens (including phenoxy) is 1. The van der Waals surface area contributed by atoms with Crippen LogP contribution in [-0.4, -0.2) is 35.9 Å². The zero-order valence-corrected chi connectivity index (χ0v) is 15.2. The smallest absolute Gasteiger partial charge is 0.348 e. The first kappa shape index (κ1) is 16.8. The van der Waals surface area contributed by atoms with Crippen molar-refractivity contribution in [2.75, 3.05) is 31.2 Å². The van der Waals surface area contributed by atoms with Gasteiger partial charge < -0.3 is 9.64 Å². The lowest BCUT2D eigenvalue weighted by molar-refractivity contribution is 0.122. The third-order valence-electron chi connectivity index (χ3n) is 4.85. The Bertz CT molecular complexity index is 974. The van der Waals surface area contributed by atoms with E-state index < -0.39 is 0 Å². The number of anilines is 1. The maximum absolute atomic E-state index is 12.8. The SMILES string of the molecule is CC(C)n1c(=O)nc(-c2ccccc2)c2ccc(N3CCOCC3)cc21. The van der Waals surface area contributed by atoms with Crippen LogP contribution in [0.3, 0.4) is 0 Å². The molecule has 3 aromatic rings. The summed E-state index contributed by atoms with van der Waals surface area (Å²) in [6.45, 7) is 7.25. The van der Waals surface area contributed by atoms with Gasteiger partial charge in [0.25, 0.3) is 0 Å². The van der Waals surface area contributed by atoms with Gasteiger partial charge in [-0.2, -0.15) is 4.98 Å². The van der Waals surface area contributed by atoms with Crippen LogP contribution < -0.4 is 10.6 Å². The van der Waals surface area contributed by atoms with Crippen LogP contribution in [0.5, 0.6) is 0 Å². The predicted molar refractivity (Wildman–Crippen MR) is 105 cm³/mol. The molecular formula is C21H23N3O2. The molecule has 0 amide bonds. The number of hydrogen-bond donors (Lipinski definition) is 0. The van der Waals surface area contributed by atoms with E-state index in [1.807, 2.05) is 44.2 Å². The van der Waals surface area contributed by atoms with E-state index in [4.69, 9.17) is 4.74 Å². The molecular weight excluding hydrogens is 326 g/mol. The second-order valence-corrected chi connectivity index (χ2v) is 6.87. The molecule has 0 radical (unpaired) electrons. The molecule has 1 aromatic heterocycles. The third-order valence-corrected chi connectivity index (χ3v) is 4.85. The molecule has 2 heterocycles. The Labute approximate surface area is 152 Å². The number of fused-ring (bicyclic) bond motifs is 1. The van der Waals surface area contributed by atoms with E-state index in [1.165, 1.54) is 0 Å². The van der Waals surface area contributed by atoms with Crippen molar-refractivity contribution in [1.82, 2.24) is 9.55 Å². The van der Waals surface area contributed by atoms with Crippen LogP contribution in [0.25, 0.3) is 22.2 Å². The minimum absolute atomic E-state index is 0.0438. The van der Waals surface area contributed by atoms with Crippen molar-refractivity contribution in [3.63, 3.8) is 0 Å². The molecule has 0 N–H and O–H groups in total. The lowest BCUT2D eigenvalue weighted by Crippen LogP contribution is -2.36. The van der Waals surface area contributed by atoms with E-state index in [9.17, 15) is 4.79 Å². The average molecular weight is 349 g/mol. The molecule has 1 aliphatic heterocycles. The van der Waals surface area contributed by atoms with E-state index in [0.717, 1.165) is 54.2 Å². The highest BCUT2D eigenvalue weighted by Gasteiger charge is 2.17. The Morgan fingerprint density at radius 2 is 1.77 bits per heavy atom. The van der Waals surface area contributed by atoms with Crippen LogP contribution in [-0.2, 0) is 4.74 Å². The van der Waals surface area contributed by atoms with Crippen molar-refractivity contribution in [2.45, 2.75) is 19.9 Å². The first-order valence-corrected chi connectivity index (χ1v) is 9.09. The topological polar surface area (TPSA) is 47.4 Å².